The lowest BCUT2D eigenvalue weighted by atomic mass is 10.1. The smallest absolute Gasteiger partial charge is 0.123 e. The van der Waals surface area contributed by atoms with Crippen molar-refractivity contribution < 1.29 is 9.13 Å². The van der Waals surface area contributed by atoms with Gasteiger partial charge in [-0.1, -0.05) is 30.3 Å². The molecule has 1 saturated carbocycles. The molecule has 2 aromatic rings. The van der Waals surface area contributed by atoms with Crippen LogP contribution >= 0.6 is 0 Å². The zero-order valence-corrected chi connectivity index (χ0v) is 11.5. The average molecular weight is 271 g/mol. The third kappa shape index (κ3) is 2.83. The predicted octanol–water partition coefficient (Wildman–Crippen LogP) is 3.48. The van der Waals surface area contributed by atoms with Crippen LogP contribution in [-0.4, -0.2) is 13.2 Å². The van der Waals surface area contributed by atoms with E-state index in [1.807, 2.05) is 6.07 Å². The van der Waals surface area contributed by atoms with Crippen LogP contribution in [0.15, 0.2) is 48.5 Å². The Balaban J connectivity index is 1.60. The number of hydrogen-bond acceptors (Lipinski definition) is 2. The van der Waals surface area contributed by atoms with E-state index in [-0.39, 0.29) is 5.82 Å². The van der Waals surface area contributed by atoms with Crippen LogP contribution in [0.1, 0.15) is 23.5 Å². The van der Waals surface area contributed by atoms with Gasteiger partial charge in [-0.2, -0.15) is 0 Å². The Bertz CT molecular complexity index is 585. The van der Waals surface area contributed by atoms with Crippen LogP contribution in [0.3, 0.4) is 0 Å². The molecule has 0 saturated heterocycles. The fraction of sp³-hybridized carbons (Fsp3) is 0.294. The van der Waals surface area contributed by atoms with Crippen LogP contribution < -0.4 is 10.1 Å². The van der Waals surface area contributed by atoms with Gasteiger partial charge >= 0.3 is 0 Å². The Labute approximate surface area is 118 Å². The van der Waals surface area contributed by atoms with E-state index < -0.39 is 0 Å². The van der Waals surface area contributed by atoms with Gasteiger partial charge in [-0.15, -0.1) is 0 Å². The molecule has 0 aliphatic heterocycles. The van der Waals surface area contributed by atoms with E-state index in [2.05, 4.69) is 29.6 Å². The molecule has 20 heavy (non-hydrogen) atoms. The van der Waals surface area contributed by atoms with Crippen molar-refractivity contribution in [3.63, 3.8) is 0 Å². The van der Waals surface area contributed by atoms with Gasteiger partial charge in [-0.3, -0.25) is 0 Å². The zero-order valence-electron chi connectivity index (χ0n) is 11.5. The highest BCUT2D eigenvalue weighted by molar-refractivity contribution is 5.34. The Kier molecular flexibility index (Phi) is 3.70. The van der Waals surface area contributed by atoms with Crippen molar-refractivity contribution in [3.05, 3.63) is 65.5 Å². The Hall–Kier alpha value is -1.87. The second kappa shape index (κ2) is 5.63. The van der Waals surface area contributed by atoms with Crippen molar-refractivity contribution >= 4 is 0 Å². The molecule has 1 aliphatic rings. The Morgan fingerprint density at radius 2 is 2.00 bits per heavy atom. The van der Waals surface area contributed by atoms with Crippen molar-refractivity contribution in [1.29, 1.82) is 0 Å². The molecule has 1 N–H and O–H groups in total. The molecule has 3 rings (SSSR count). The lowest BCUT2D eigenvalue weighted by Crippen LogP contribution is -2.17. The third-order valence-electron chi connectivity index (χ3n) is 3.82. The zero-order chi connectivity index (χ0) is 13.9. The van der Waals surface area contributed by atoms with Gasteiger partial charge in [0, 0.05) is 24.1 Å². The summed E-state index contributed by atoms with van der Waals surface area (Å²) in [5, 5.41) is 3.48. The van der Waals surface area contributed by atoms with E-state index in [4.69, 9.17) is 4.74 Å². The van der Waals surface area contributed by atoms with Gasteiger partial charge in [0.1, 0.15) is 11.6 Å². The standard InChI is InChI=1S/C17H18FNO/c1-20-17-8-7-14(18)9-13(17)11-19-16-10-15(16)12-5-3-2-4-6-12/h2-9,15-16,19H,10-11H2,1H3/t15?,16-/m0/s1. The molecule has 2 aromatic carbocycles. The number of ether oxygens (including phenoxy) is 1. The molecule has 0 amide bonds. The van der Waals surface area contributed by atoms with Crippen molar-refractivity contribution in [3.8, 4) is 5.75 Å². The highest BCUT2D eigenvalue weighted by Crippen LogP contribution is 2.40. The molecule has 2 nitrogen and oxygen atoms in total. The van der Waals surface area contributed by atoms with Gasteiger partial charge in [-0.25, -0.2) is 4.39 Å². The predicted molar refractivity (Wildman–Crippen MR) is 77.4 cm³/mol. The van der Waals surface area contributed by atoms with Crippen molar-refractivity contribution in [2.45, 2.75) is 24.9 Å². The van der Waals surface area contributed by atoms with Crippen molar-refractivity contribution in [1.82, 2.24) is 5.32 Å². The van der Waals surface area contributed by atoms with E-state index in [1.165, 1.54) is 17.7 Å². The second-order valence-electron chi connectivity index (χ2n) is 5.20. The maximum atomic E-state index is 13.3. The summed E-state index contributed by atoms with van der Waals surface area (Å²) in [7, 11) is 1.61. The first-order chi connectivity index (χ1) is 9.78. The summed E-state index contributed by atoms with van der Waals surface area (Å²) >= 11 is 0. The lowest BCUT2D eigenvalue weighted by Gasteiger charge is -2.09. The number of hydrogen-bond donors (Lipinski definition) is 1. The van der Waals surface area contributed by atoms with Crippen LogP contribution in [-0.2, 0) is 6.54 Å². The van der Waals surface area contributed by atoms with Crippen LogP contribution in [0.2, 0.25) is 0 Å². The molecule has 0 aromatic heterocycles. The molecule has 0 spiro atoms. The highest BCUT2D eigenvalue weighted by atomic mass is 19.1. The minimum atomic E-state index is -0.224. The molecule has 1 aliphatic carbocycles. The lowest BCUT2D eigenvalue weighted by molar-refractivity contribution is 0.406. The summed E-state index contributed by atoms with van der Waals surface area (Å²) in [6.07, 6.45) is 1.14. The first-order valence-corrected chi connectivity index (χ1v) is 6.88. The molecule has 1 unspecified atom stereocenters. The Morgan fingerprint density at radius 3 is 2.75 bits per heavy atom. The minimum absolute atomic E-state index is 0.224. The van der Waals surface area contributed by atoms with Gasteiger partial charge in [0.15, 0.2) is 0 Å². The molecule has 104 valence electrons. The van der Waals surface area contributed by atoms with Crippen LogP contribution in [0, 0.1) is 5.82 Å². The molecule has 2 atom stereocenters. The molecular formula is C17H18FNO. The molecular weight excluding hydrogens is 253 g/mol. The van der Waals surface area contributed by atoms with Crippen molar-refractivity contribution in [2.75, 3.05) is 7.11 Å². The van der Waals surface area contributed by atoms with Crippen LogP contribution in [0.25, 0.3) is 0 Å². The first-order valence-electron chi connectivity index (χ1n) is 6.88. The molecule has 0 heterocycles. The fourth-order valence-electron chi connectivity index (χ4n) is 2.62. The number of rotatable bonds is 5. The minimum Gasteiger partial charge on any atom is -0.496 e. The molecule has 3 heteroatoms. The number of methoxy groups -OCH3 is 1. The largest absolute Gasteiger partial charge is 0.496 e. The quantitative estimate of drug-likeness (QED) is 0.899. The monoisotopic (exact) mass is 271 g/mol. The summed E-state index contributed by atoms with van der Waals surface area (Å²) < 4.78 is 18.5. The van der Waals surface area contributed by atoms with Crippen molar-refractivity contribution in [2.24, 2.45) is 0 Å². The number of nitrogens with one attached hydrogen (secondary N) is 1. The molecule has 0 bridgehead atoms. The van der Waals surface area contributed by atoms with Gasteiger partial charge < -0.3 is 10.1 Å². The van der Waals surface area contributed by atoms with Crippen LogP contribution in [0.4, 0.5) is 4.39 Å². The van der Waals surface area contributed by atoms with Gasteiger partial charge in [0.05, 0.1) is 7.11 Å². The van der Waals surface area contributed by atoms with E-state index in [0.29, 0.717) is 18.5 Å². The maximum absolute atomic E-state index is 13.3. The number of halogens is 1. The summed E-state index contributed by atoms with van der Waals surface area (Å²) in [5.41, 5.74) is 2.24. The second-order valence-corrected chi connectivity index (χ2v) is 5.20. The maximum Gasteiger partial charge on any atom is 0.123 e. The van der Waals surface area contributed by atoms with Gasteiger partial charge in [-0.05, 0) is 30.2 Å². The third-order valence-corrected chi connectivity index (χ3v) is 3.82. The fourth-order valence-corrected chi connectivity index (χ4v) is 2.62. The SMILES string of the molecule is COc1ccc(F)cc1CN[C@H]1CC1c1ccccc1. The van der Waals surface area contributed by atoms with E-state index >= 15 is 0 Å². The first kappa shape index (κ1) is 13.1. The molecule has 0 radical (unpaired) electrons. The van der Waals surface area contributed by atoms with Gasteiger partial charge in [0.25, 0.3) is 0 Å². The van der Waals surface area contributed by atoms with Gasteiger partial charge in [0.2, 0.25) is 0 Å². The Morgan fingerprint density at radius 1 is 1.20 bits per heavy atom. The summed E-state index contributed by atoms with van der Waals surface area (Å²) in [5.74, 6) is 1.09. The van der Waals surface area contributed by atoms with E-state index in [9.17, 15) is 4.39 Å². The highest BCUT2D eigenvalue weighted by Gasteiger charge is 2.37. The van der Waals surface area contributed by atoms with E-state index in [1.54, 1.807) is 13.2 Å². The average Bonchev–Trinajstić information content (AvgIpc) is 3.26. The summed E-state index contributed by atoms with van der Waals surface area (Å²) in [6, 6.07) is 15.6. The number of benzene rings is 2. The molecule has 1 fully saturated rings. The normalized spacial score (nSPS) is 20.7. The van der Waals surface area contributed by atoms with Crippen LogP contribution in [0.5, 0.6) is 5.75 Å². The summed E-state index contributed by atoms with van der Waals surface area (Å²) in [4.78, 5) is 0. The van der Waals surface area contributed by atoms with E-state index in [0.717, 1.165) is 17.7 Å². The topological polar surface area (TPSA) is 21.3 Å². The summed E-state index contributed by atoms with van der Waals surface area (Å²) in [6.45, 7) is 0.634.